The van der Waals surface area contributed by atoms with E-state index >= 15 is 0 Å². The lowest BCUT2D eigenvalue weighted by atomic mass is 10.1. The lowest BCUT2D eigenvalue weighted by Gasteiger charge is -2.36. The van der Waals surface area contributed by atoms with E-state index in [1.807, 2.05) is 24.8 Å². The quantitative estimate of drug-likeness (QED) is 0.763. The molecule has 7 heteroatoms. The Hall–Kier alpha value is -1.73. The Bertz CT molecular complexity index is 562. The lowest BCUT2D eigenvalue weighted by molar-refractivity contribution is -0.121. The van der Waals surface area contributed by atoms with E-state index in [9.17, 15) is 4.79 Å². The van der Waals surface area contributed by atoms with Crippen LogP contribution in [0.4, 0.5) is 5.82 Å². The maximum atomic E-state index is 11.6. The predicted octanol–water partition coefficient (Wildman–Crippen LogP) is 0.0231. The fraction of sp³-hybridized carbons (Fsp3) is 0.462. The van der Waals surface area contributed by atoms with Gasteiger partial charge in [0.15, 0.2) is 0 Å². The zero-order chi connectivity index (χ0) is 14.9. The van der Waals surface area contributed by atoms with Crippen LogP contribution in [0.5, 0.6) is 0 Å². The number of hydrogen-bond acceptors (Lipinski definition) is 5. The van der Waals surface area contributed by atoms with Crippen LogP contribution in [0.2, 0.25) is 0 Å². The Balaban J connectivity index is 2.54. The first kappa shape index (κ1) is 14.7. The summed E-state index contributed by atoms with van der Waals surface area (Å²) >= 11 is 5.12. The number of pyridine rings is 1. The van der Waals surface area contributed by atoms with Gasteiger partial charge in [0.25, 0.3) is 0 Å². The average Bonchev–Trinajstić information content (AvgIpc) is 2.37. The summed E-state index contributed by atoms with van der Waals surface area (Å²) in [5, 5.41) is 0. The van der Waals surface area contributed by atoms with Crippen molar-refractivity contribution in [2.75, 3.05) is 24.7 Å². The fourth-order valence-electron chi connectivity index (χ4n) is 2.42. The number of morpholine rings is 1. The molecule has 1 atom stereocenters. The highest BCUT2D eigenvalue weighted by Gasteiger charge is 2.31. The highest BCUT2D eigenvalue weighted by Crippen LogP contribution is 2.25. The van der Waals surface area contributed by atoms with Crippen LogP contribution in [0.25, 0.3) is 0 Å². The maximum Gasteiger partial charge on any atom is 0.242 e. The fourth-order valence-corrected chi connectivity index (χ4v) is 2.67. The molecule has 2 rings (SSSR count). The largest absolute Gasteiger partial charge is 0.389 e. The third-order valence-corrected chi connectivity index (χ3v) is 3.51. The summed E-state index contributed by atoms with van der Waals surface area (Å²) in [6, 6.07) is 1.36. The molecular weight excluding hydrogens is 276 g/mol. The number of amides is 1. The van der Waals surface area contributed by atoms with Crippen LogP contribution in [-0.2, 0) is 9.53 Å². The molecule has 0 bridgehead atoms. The molecule has 20 heavy (non-hydrogen) atoms. The van der Waals surface area contributed by atoms with E-state index in [1.54, 1.807) is 0 Å². The second-order valence-corrected chi connectivity index (χ2v) is 5.27. The number of anilines is 1. The number of ether oxygens (including phenoxy) is 1. The third kappa shape index (κ3) is 2.73. The van der Waals surface area contributed by atoms with Gasteiger partial charge in [0.2, 0.25) is 5.91 Å². The van der Waals surface area contributed by atoms with Crippen molar-refractivity contribution in [2.24, 2.45) is 11.5 Å². The number of carbonyl (C=O) groups is 1. The molecule has 0 aromatic carbocycles. The molecule has 1 aromatic rings. The minimum atomic E-state index is -0.550. The molecule has 0 aliphatic carbocycles. The zero-order valence-corrected chi connectivity index (χ0v) is 12.4. The molecule has 1 amide bonds. The van der Waals surface area contributed by atoms with Gasteiger partial charge >= 0.3 is 0 Å². The molecule has 0 spiro atoms. The standard InChI is InChI=1S/C13H18N4O2S/c1-7-5-8(2)16-13(10(7)12(15)20)17-3-4-19-6-9(17)11(14)18/h5,9H,3-4,6H2,1-2H3,(H2,14,18)(H2,15,20). The number of thiocarbonyl (C=S) groups is 1. The molecule has 108 valence electrons. The molecule has 0 saturated carbocycles. The summed E-state index contributed by atoms with van der Waals surface area (Å²) in [6.07, 6.45) is 0. The van der Waals surface area contributed by atoms with Gasteiger partial charge in [-0.3, -0.25) is 4.79 Å². The van der Waals surface area contributed by atoms with Gasteiger partial charge in [-0.2, -0.15) is 0 Å². The van der Waals surface area contributed by atoms with E-state index in [2.05, 4.69) is 4.98 Å². The van der Waals surface area contributed by atoms with Crippen LogP contribution in [-0.4, -0.2) is 41.7 Å². The van der Waals surface area contributed by atoms with Crippen molar-refractivity contribution in [1.29, 1.82) is 0 Å². The number of nitrogens with two attached hydrogens (primary N) is 2. The smallest absolute Gasteiger partial charge is 0.242 e. The van der Waals surface area contributed by atoms with Crippen molar-refractivity contribution in [3.8, 4) is 0 Å². The van der Waals surface area contributed by atoms with Crippen molar-refractivity contribution >= 4 is 28.9 Å². The molecule has 6 nitrogen and oxygen atoms in total. The first-order valence-electron chi connectivity index (χ1n) is 6.33. The van der Waals surface area contributed by atoms with Gasteiger partial charge < -0.3 is 21.1 Å². The summed E-state index contributed by atoms with van der Waals surface area (Å²) in [6.45, 7) is 5.10. The minimum Gasteiger partial charge on any atom is -0.389 e. The van der Waals surface area contributed by atoms with Gasteiger partial charge in [0.1, 0.15) is 16.8 Å². The van der Waals surface area contributed by atoms with Crippen LogP contribution in [0.1, 0.15) is 16.8 Å². The van der Waals surface area contributed by atoms with E-state index in [1.165, 1.54) is 0 Å². The monoisotopic (exact) mass is 294 g/mol. The minimum absolute atomic E-state index is 0.251. The molecule has 2 heterocycles. The number of primary amides is 1. The normalized spacial score (nSPS) is 18.9. The van der Waals surface area contributed by atoms with Gasteiger partial charge in [0, 0.05) is 12.2 Å². The predicted molar refractivity (Wildman–Crippen MR) is 80.7 cm³/mol. The molecular formula is C13H18N4O2S. The van der Waals surface area contributed by atoms with Crippen molar-refractivity contribution in [3.63, 3.8) is 0 Å². The van der Waals surface area contributed by atoms with Crippen LogP contribution < -0.4 is 16.4 Å². The Kier molecular flexibility index (Phi) is 4.20. The van der Waals surface area contributed by atoms with Gasteiger partial charge in [-0.15, -0.1) is 0 Å². The van der Waals surface area contributed by atoms with E-state index < -0.39 is 11.9 Å². The summed E-state index contributed by atoms with van der Waals surface area (Å²) in [5.74, 6) is 0.168. The van der Waals surface area contributed by atoms with E-state index in [0.717, 1.165) is 11.3 Å². The van der Waals surface area contributed by atoms with E-state index in [0.29, 0.717) is 24.5 Å². The summed E-state index contributed by atoms with van der Waals surface area (Å²) in [4.78, 5) is 18.2. The lowest BCUT2D eigenvalue weighted by Crippen LogP contribution is -2.53. The van der Waals surface area contributed by atoms with Gasteiger partial charge in [0.05, 0.1) is 18.8 Å². The van der Waals surface area contributed by atoms with Crippen molar-refractivity contribution in [1.82, 2.24) is 4.98 Å². The Morgan fingerprint density at radius 3 is 2.80 bits per heavy atom. The van der Waals surface area contributed by atoms with Crippen LogP contribution >= 0.6 is 12.2 Å². The van der Waals surface area contributed by atoms with Crippen LogP contribution in [0.3, 0.4) is 0 Å². The molecule has 1 aromatic heterocycles. The van der Waals surface area contributed by atoms with Crippen molar-refractivity contribution < 1.29 is 9.53 Å². The highest BCUT2D eigenvalue weighted by atomic mass is 32.1. The van der Waals surface area contributed by atoms with Gasteiger partial charge in [-0.05, 0) is 25.5 Å². The molecule has 0 radical (unpaired) electrons. The van der Waals surface area contributed by atoms with Gasteiger partial charge in [-0.1, -0.05) is 12.2 Å². The number of aryl methyl sites for hydroxylation is 2. The summed E-state index contributed by atoms with van der Waals surface area (Å²) in [5.41, 5.74) is 13.7. The first-order valence-corrected chi connectivity index (χ1v) is 6.74. The topological polar surface area (TPSA) is 94.5 Å². The Labute approximate surface area is 123 Å². The summed E-state index contributed by atoms with van der Waals surface area (Å²) in [7, 11) is 0. The maximum absolute atomic E-state index is 11.6. The number of carbonyl (C=O) groups excluding carboxylic acids is 1. The number of aromatic nitrogens is 1. The molecule has 1 aliphatic heterocycles. The number of hydrogen-bond donors (Lipinski definition) is 2. The number of nitrogens with zero attached hydrogens (tertiary/aromatic N) is 2. The zero-order valence-electron chi connectivity index (χ0n) is 11.5. The van der Waals surface area contributed by atoms with Crippen molar-refractivity contribution in [3.05, 3.63) is 22.9 Å². The highest BCUT2D eigenvalue weighted by molar-refractivity contribution is 7.80. The third-order valence-electron chi connectivity index (χ3n) is 3.30. The van der Waals surface area contributed by atoms with E-state index in [-0.39, 0.29) is 11.6 Å². The SMILES string of the molecule is Cc1cc(C)c(C(N)=S)c(N2CCOCC2C(N)=O)n1. The van der Waals surface area contributed by atoms with E-state index in [4.69, 9.17) is 28.4 Å². The average molecular weight is 294 g/mol. The summed E-state index contributed by atoms with van der Waals surface area (Å²) < 4.78 is 5.32. The molecule has 4 N–H and O–H groups in total. The van der Waals surface area contributed by atoms with Crippen LogP contribution in [0, 0.1) is 13.8 Å². The Morgan fingerprint density at radius 2 is 2.20 bits per heavy atom. The Morgan fingerprint density at radius 1 is 1.50 bits per heavy atom. The second-order valence-electron chi connectivity index (χ2n) is 4.83. The van der Waals surface area contributed by atoms with Gasteiger partial charge in [-0.25, -0.2) is 4.98 Å². The molecule has 1 fully saturated rings. The number of rotatable bonds is 3. The van der Waals surface area contributed by atoms with Crippen molar-refractivity contribution in [2.45, 2.75) is 19.9 Å². The molecule has 1 saturated heterocycles. The van der Waals surface area contributed by atoms with Crippen LogP contribution in [0.15, 0.2) is 6.07 Å². The molecule has 1 aliphatic rings. The second kappa shape index (κ2) is 5.72. The first-order chi connectivity index (χ1) is 9.41. The molecule has 1 unspecified atom stereocenters.